The molecule has 1 aliphatic heterocycles. The molecule has 2 N–H and O–H groups in total. The number of nitrogens with one attached hydrogen (secondary N) is 2. The molecule has 1 aliphatic carbocycles. The number of benzene rings is 1. The number of pyridine rings is 1. The van der Waals surface area contributed by atoms with E-state index < -0.39 is 0 Å². The first-order chi connectivity index (χ1) is 14.7. The van der Waals surface area contributed by atoms with Crippen molar-refractivity contribution in [1.82, 2.24) is 10.3 Å². The number of hydrogen-bond donors (Lipinski definition) is 2. The van der Waals surface area contributed by atoms with E-state index in [1.165, 1.54) is 18.9 Å². The number of nitrogens with zero attached hydrogens (tertiary/aromatic N) is 2. The number of aromatic nitrogens is 1. The van der Waals surface area contributed by atoms with Gasteiger partial charge in [-0.15, -0.1) is 0 Å². The van der Waals surface area contributed by atoms with Gasteiger partial charge in [-0.2, -0.15) is 0 Å². The Labute approximate surface area is 176 Å². The monoisotopic (exact) mass is 406 g/mol. The molecule has 1 saturated carbocycles. The quantitative estimate of drug-likeness (QED) is 0.721. The predicted molar refractivity (Wildman–Crippen MR) is 116 cm³/mol. The number of hydrogen-bond acceptors (Lipinski definition) is 5. The summed E-state index contributed by atoms with van der Waals surface area (Å²) in [6, 6.07) is 11.4. The molecule has 0 unspecified atom stereocenters. The number of rotatable bonds is 6. The Morgan fingerprint density at radius 1 is 1.23 bits per heavy atom. The van der Waals surface area contributed by atoms with Crippen molar-refractivity contribution >= 4 is 29.4 Å². The summed E-state index contributed by atoms with van der Waals surface area (Å²) in [7, 11) is 0. The van der Waals surface area contributed by atoms with E-state index in [9.17, 15) is 9.59 Å². The molecule has 156 valence electrons. The minimum atomic E-state index is -0.232. The fourth-order valence-corrected chi connectivity index (χ4v) is 3.73. The lowest BCUT2D eigenvalue weighted by molar-refractivity contribution is -0.120. The van der Waals surface area contributed by atoms with Gasteiger partial charge in [0, 0.05) is 19.2 Å². The molecule has 0 radical (unpaired) electrons. The molecule has 2 aromatic rings. The van der Waals surface area contributed by atoms with Crippen molar-refractivity contribution < 1.29 is 14.3 Å². The molecule has 4 rings (SSSR count). The van der Waals surface area contributed by atoms with Crippen LogP contribution in [0.4, 0.5) is 11.5 Å². The van der Waals surface area contributed by atoms with Gasteiger partial charge in [-0.05, 0) is 61.6 Å². The van der Waals surface area contributed by atoms with Gasteiger partial charge >= 0.3 is 0 Å². The highest BCUT2D eigenvalue weighted by atomic mass is 16.5. The smallest absolute Gasteiger partial charge is 0.248 e. The first-order valence-electron chi connectivity index (χ1n) is 10.4. The average molecular weight is 406 g/mol. The first-order valence-corrected chi connectivity index (χ1v) is 10.4. The molecule has 2 aliphatic rings. The molecular formula is C23H26N4O3. The lowest BCUT2D eigenvalue weighted by Gasteiger charge is -2.27. The Hall–Kier alpha value is -3.35. The number of piperazine rings is 1. The second-order valence-electron chi connectivity index (χ2n) is 7.60. The molecule has 1 aromatic carbocycles. The van der Waals surface area contributed by atoms with E-state index in [2.05, 4.69) is 15.6 Å². The molecule has 1 saturated heterocycles. The minimum absolute atomic E-state index is 0.0109. The van der Waals surface area contributed by atoms with Gasteiger partial charge in [0.2, 0.25) is 11.8 Å². The molecule has 30 heavy (non-hydrogen) atoms. The van der Waals surface area contributed by atoms with Crippen LogP contribution in [-0.2, 0) is 9.59 Å². The highest BCUT2D eigenvalue weighted by Crippen LogP contribution is 2.25. The van der Waals surface area contributed by atoms with Gasteiger partial charge < -0.3 is 20.3 Å². The van der Waals surface area contributed by atoms with Crippen LogP contribution in [-0.4, -0.2) is 42.5 Å². The van der Waals surface area contributed by atoms with E-state index in [1.807, 2.05) is 35.2 Å². The van der Waals surface area contributed by atoms with Crippen LogP contribution >= 0.6 is 0 Å². The van der Waals surface area contributed by atoms with E-state index in [0.717, 1.165) is 36.5 Å². The largest absolute Gasteiger partial charge is 0.490 e. The van der Waals surface area contributed by atoms with Gasteiger partial charge in [-0.25, -0.2) is 4.98 Å². The summed E-state index contributed by atoms with van der Waals surface area (Å²) in [6.45, 7) is 1.62. The number of carbonyl (C=O) groups is 2. The third-order valence-electron chi connectivity index (χ3n) is 5.27. The van der Waals surface area contributed by atoms with Gasteiger partial charge in [0.15, 0.2) is 0 Å². The van der Waals surface area contributed by atoms with E-state index in [4.69, 9.17) is 4.74 Å². The Kier molecular flexibility index (Phi) is 6.27. The lowest BCUT2D eigenvalue weighted by Crippen LogP contribution is -2.48. The summed E-state index contributed by atoms with van der Waals surface area (Å²) in [5, 5.41) is 5.59. The Bertz CT molecular complexity index is 920. The third-order valence-corrected chi connectivity index (χ3v) is 5.27. The topological polar surface area (TPSA) is 83.6 Å². The Balaban J connectivity index is 1.31. The van der Waals surface area contributed by atoms with Crippen LogP contribution in [0, 0.1) is 0 Å². The standard InChI is InChI=1S/C23H26N4O3/c28-22(11-8-17-4-3-7-20(14-17)30-19-5-1-2-6-19)26-18-9-10-21(25-15-18)27-13-12-24-23(29)16-27/h3-4,7-11,14-15,19H,1-2,5-6,12-13,16H2,(H,24,29)(H,26,28)/b11-8+. The van der Waals surface area contributed by atoms with E-state index in [-0.39, 0.29) is 11.8 Å². The lowest BCUT2D eigenvalue weighted by atomic mass is 10.2. The summed E-state index contributed by atoms with van der Waals surface area (Å²) in [5.41, 5.74) is 1.52. The molecular weight excluding hydrogens is 380 g/mol. The van der Waals surface area contributed by atoms with Crippen LogP contribution in [0.3, 0.4) is 0 Å². The minimum Gasteiger partial charge on any atom is -0.490 e. The highest BCUT2D eigenvalue weighted by molar-refractivity contribution is 6.01. The maximum atomic E-state index is 12.3. The van der Waals surface area contributed by atoms with Gasteiger partial charge in [-0.1, -0.05) is 12.1 Å². The summed E-state index contributed by atoms with van der Waals surface area (Å²) >= 11 is 0. The average Bonchev–Trinajstić information content (AvgIpc) is 3.26. The van der Waals surface area contributed by atoms with Gasteiger partial charge in [0.1, 0.15) is 11.6 Å². The zero-order valence-corrected chi connectivity index (χ0v) is 16.8. The van der Waals surface area contributed by atoms with Crippen molar-refractivity contribution in [2.24, 2.45) is 0 Å². The van der Waals surface area contributed by atoms with Crippen molar-refractivity contribution in [3.63, 3.8) is 0 Å². The molecule has 0 atom stereocenters. The van der Waals surface area contributed by atoms with Gasteiger partial charge in [-0.3, -0.25) is 9.59 Å². The molecule has 0 bridgehead atoms. The molecule has 1 aromatic heterocycles. The van der Waals surface area contributed by atoms with Crippen molar-refractivity contribution in [1.29, 1.82) is 0 Å². The summed E-state index contributed by atoms with van der Waals surface area (Å²) in [5.74, 6) is 1.32. The normalized spacial score (nSPS) is 17.2. The summed E-state index contributed by atoms with van der Waals surface area (Å²) < 4.78 is 6.01. The zero-order chi connectivity index (χ0) is 20.8. The fourth-order valence-electron chi connectivity index (χ4n) is 3.73. The van der Waals surface area contributed by atoms with Gasteiger partial charge in [0.25, 0.3) is 0 Å². The van der Waals surface area contributed by atoms with Gasteiger partial charge in [0.05, 0.1) is 24.5 Å². The Morgan fingerprint density at radius 2 is 2.10 bits per heavy atom. The van der Waals surface area contributed by atoms with Crippen molar-refractivity contribution in [3.05, 3.63) is 54.2 Å². The SMILES string of the molecule is O=C(/C=C/c1cccc(OC2CCCC2)c1)Nc1ccc(N2CCNC(=O)C2)nc1. The van der Waals surface area contributed by atoms with E-state index in [0.29, 0.717) is 24.9 Å². The van der Waals surface area contributed by atoms with Crippen LogP contribution < -0.4 is 20.3 Å². The number of amides is 2. The molecule has 2 amide bonds. The molecule has 0 spiro atoms. The first kappa shape index (κ1) is 19.9. The van der Waals surface area contributed by atoms with Crippen molar-refractivity contribution in [2.45, 2.75) is 31.8 Å². The molecule has 2 fully saturated rings. The van der Waals surface area contributed by atoms with Crippen LogP contribution in [0.2, 0.25) is 0 Å². The van der Waals surface area contributed by atoms with Crippen LogP contribution in [0.1, 0.15) is 31.2 Å². The fraction of sp³-hybridized carbons (Fsp3) is 0.348. The predicted octanol–water partition coefficient (Wildman–Crippen LogP) is 2.99. The second-order valence-corrected chi connectivity index (χ2v) is 7.60. The van der Waals surface area contributed by atoms with Crippen LogP contribution in [0.5, 0.6) is 5.75 Å². The maximum Gasteiger partial charge on any atom is 0.248 e. The number of carbonyl (C=O) groups excluding carboxylic acids is 2. The maximum absolute atomic E-state index is 12.3. The van der Waals surface area contributed by atoms with Crippen molar-refractivity contribution in [3.8, 4) is 5.75 Å². The van der Waals surface area contributed by atoms with Crippen LogP contribution in [0.15, 0.2) is 48.7 Å². The van der Waals surface area contributed by atoms with Crippen LogP contribution in [0.25, 0.3) is 6.08 Å². The third kappa shape index (κ3) is 5.37. The van der Waals surface area contributed by atoms with E-state index >= 15 is 0 Å². The Morgan fingerprint density at radius 3 is 2.87 bits per heavy atom. The zero-order valence-electron chi connectivity index (χ0n) is 16.8. The highest BCUT2D eigenvalue weighted by Gasteiger charge is 2.17. The van der Waals surface area contributed by atoms with Crippen molar-refractivity contribution in [2.75, 3.05) is 29.9 Å². The van der Waals surface area contributed by atoms with E-state index in [1.54, 1.807) is 18.3 Å². The molecule has 2 heterocycles. The number of anilines is 2. The molecule has 7 nitrogen and oxygen atoms in total. The summed E-state index contributed by atoms with van der Waals surface area (Å²) in [6.07, 6.45) is 9.86. The summed E-state index contributed by atoms with van der Waals surface area (Å²) in [4.78, 5) is 30.0. The second kappa shape index (κ2) is 9.43. The number of ether oxygens (including phenoxy) is 1. The molecule has 7 heteroatoms.